The van der Waals surface area contributed by atoms with Crippen molar-refractivity contribution in [2.75, 3.05) is 0 Å². The lowest BCUT2D eigenvalue weighted by molar-refractivity contribution is 0.621. The number of halogens is 2. The molecule has 0 bridgehead atoms. The minimum atomic E-state index is -3.72. The summed E-state index contributed by atoms with van der Waals surface area (Å²) in [4.78, 5) is 0.456. The molecular weight excluding hydrogens is 271 g/mol. The highest BCUT2D eigenvalue weighted by Gasteiger charge is 1.94. The zero-order valence-corrected chi connectivity index (χ0v) is 9.87. The fourth-order valence-electron chi connectivity index (χ4n) is 0.617. The zero-order valence-electron chi connectivity index (χ0n) is 6.72. The molecule has 14 heavy (non-hydrogen) atoms. The molecule has 0 saturated carbocycles. The number of rotatable bonds is 0. The highest BCUT2D eigenvalue weighted by molar-refractivity contribution is 8.31. The topological polar surface area (TPSA) is 68.3 Å². The molecule has 0 aromatic carbocycles. The average Bonchev–Trinajstić information content (AvgIpc) is 2.03. The molecule has 0 fully saturated rings. The number of allylic oxidation sites excluding steroid dienone is 4. The van der Waals surface area contributed by atoms with Gasteiger partial charge in [-0.05, 0) is 6.08 Å². The Bertz CT molecular complexity index is 454. The van der Waals surface area contributed by atoms with E-state index in [1.807, 2.05) is 12.2 Å². The molecular formula is C6H6Cl2O4S2. The maximum absolute atomic E-state index is 10.2. The Hall–Kier alpha value is -0.300. The summed E-state index contributed by atoms with van der Waals surface area (Å²) in [6.45, 7) is 0. The van der Waals surface area contributed by atoms with Gasteiger partial charge in [0.15, 0.2) is 0 Å². The third-order valence-corrected chi connectivity index (χ3v) is 1.79. The van der Waals surface area contributed by atoms with Crippen LogP contribution in [0.1, 0.15) is 6.42 Å². The molecule has 1 aliphatic carbocycles. The monoisotopic (exact) mass is 276 g/mol. The predicted octanol–water partition coefficient (Wildman–Crippen LogP) is 1.26. The van der Waals surface area contributed by atoms with Crippen molar-refractivity contribution in [3.63, 3.8) is 0 Å². The van der Waals surface area contributed by atoms with E-state index in [-0.39, 0.29) is 0 Å². The van der Waals surface area contributed by atoms with Crippen molar-refractivity contribution in [2.45, 2.75) is 6.42 Å². The minimum absolute atomic E-state index is 0.456. The largest absolute Gasteiger partial charge is 0.317 e. The fourth-order valence-corrected chi connectivity index (χ4v) is 1.04. The van der Waals surface area contributed by atoms with Gasteiger partial charge in [0.1, 0.15) is 0 Å². The molecule has 0 N–H and O–H groups in total. The van der Waals surface area contributed by atoms with E-state index in [2.05, 4.69) is 21.4 Å². The smallest absolute Gasteiger partial charge is 0.195 e. The van der Waals surface area contributed by atoms with Crippen molar-refractivity contribution < 1.29 is 16.8 Å². The van der Waals surface area contributed by atoms with Gasteiger partial charge >= 0.3 is 8.26 Å². The molecule has 0 aromatic heterocycles. The van der Waals surface area contributed by atoms with Gasteiger partial charge in [-0.3, -0.25) is 0 Å². The molecule has 4 nitrogen and oxygen atoms in total. The predicted molar refractivity (Wildman–Crippen MR) is 57.4 cm³/mol. The maximum Gasteiger partial charge on any atom is 0.317 e. The number of hydrogen-bond acceptors (Lipinski definition) is 4. The van der Waals surface area contributed by atoms with Crippen molar-refractivity contribution in [3.8, 4) is 0 Å². The van der Waals surface area contributed by atoms with Gasteiger partial charge in [-0.2, -0.15) is 16.8 Å². The summed E-state index contributed by atoms with van der Waals surface area (Å²) >= 11 is 0. The van der Waals surface area contributed by atoms with Crippen LogP contribution in [0.2, 0.25) is 0 Å². The molecule has 0 spiro atoms. The molecule has 0 aliphatic heterocycles. The van der Waals surface area contributed by atoms with E-state index in [1.54, 1.807) is 12.2 Å². The SMILES string of the molecule is O=S(=O)(Cl)Cl.O=S(=O)=C1C=CC=CC1. The second-order valence-corrected chi connectivity index (χ2v) is 6.73. The first-order valence-electron chi connectivity index (χ1n) is 3.23. The highest BCUT2D eigenvalue weighted by Crippen LogP contribution is 1.98. The minimum Gasteiger partial charge on any atom is -0.195 e. The van der Waals surface area contributed by atoms with Crippen LogP contribution in [0, 0.1) is 0 Å². The summed E-state index contributed by atoms with van der Waals surface area (Å²) < 4.78 is 38.8. The molecule has 0 unspecified atom stereocenters. The molecule has 0 atom stereocenters. The summed E-state index contributed by atoms with van der Waals surface area (Å²) in [6.07, 6.45) is 7.49. The second kappa shape index (κ2) is 6.23. The Balaban J connectivity index is 0.000000292. The van der Waals surface area contributed by atoms with E-state index < -0.39 is 18.6 Å². The van der Waals surface area contributed by atoms with Crippen LogP contribution in [-0.2, 0) is 18.6 Å². The quantitative estimate of drug-likeness (QED) is 0.494. The molecule has 80 valence electrons. The second-order valence-electron chi connectivity index (χ2n) is 2.07. The first-order chi connectivity index (χ1) is 6.30. The van der Waals surface area contributed by atoms with Gasteiger partial charge in [0.05, 0.1) is 4.86 Å². The maximum atomic E-state index is 10.2. The van der Waals surface area contributed by atoms with Gasteiger partial charge in [0.2, 0.25) is 10.3 Å². The Morgan fingerprint density at radius 1 is 1.21 bits per heavy atom. The van der Waals surface area contributed by atoms with E-state index in [1.165, 1.54) is 0 Å². The van der Waals surface area contributed by atoms with Crippen molar-refractivity contribution in [2.24, 2.45) is 0 Å². The van der Waals surface area contributed by atoms with Gasteiger partial charge in [0.25, 0.3) is 0 Å². The van der Waals surface area contributed by atoms with E-state index in [4.69, 9.17) is 8.42 Å². The van der Waals surface area contributed by atoms with E-state index in [9.17, 15) is 8.42 Å². The third-order valence-electron chi connectivity index (χ3n) is 1.06. The van der Waals surface area contributed by atoms with Crippen LogP contribution < -0.4 is 0 Å². The third kappa shape index (κ3) is 9.79. The van der Waals surface area contributed by atoms with Crippen molar-refractivity contribution >= 4 is 44.8 Å². The van der Waals surface area contributed by atoms with Crippen LogP contribution in [0.15, 0.2) is 24.3 Å². The highest BCUT2D eigenvalue weighted by atomic mass is 36.0. The molecule has 0 heterocycles. The van der Waals surface area contributed by atoms with Gasteiger partial charge in [-0.25, -0.2) is 0 Å². The molecule has 0 aromatic rings. The Labute approximate surface area is 92.3 Å². The van der Waals surface area contributed by atoms with E-state index in [0.29, 0.717) is 11.3 Å². The average molecular weight is 277 g/mol. The first-order valence-corrected chi connectivity index (χ1v) is 7.44. The normalized spacial score (nSPS) is 14.6. The van der Waals surface area contributed by atoms with Crippen molar-refractivity contribution in [1.82, 2.24) is 0 Å². The van der Waals surface area contributed by atoms with Crippen LogP contribution in [0.3, 0.4) is 0 Å². The molecule has 0 radical (unpaired) electrons. The van der Waals surface area contributed by atoms with Gasteiger partial charge in [-0.1, -0.05) is 18.2 Å². The van der Waals surface area contributed by atoms with Crippen LogP contribution in [-0.4, -0.2) is 21.7 Å². The van der Waals surface area contributed by atoms with Crippen molar-refractivity contribution in [1.29, 1.82) is 0 Å². The van der Waals surface area contributed by atoms with Crippen LogP contribution in [0.25, 0.3) is 0 Å². The molecule has 0 amide bonds. The lowest BCUT2D eigenvalue weighted by Crippen LogP contribution is -1.94. The van der Waals surface area contributed by atoms with Gasteiger partial charge in [0, 0.05) is 27.8 Å². The Morgan fingerprint density at radius 2 is 1.71 bits per heavy atom. The Kier molecular flexibility index (Phi) is 6.10. The molecule has 0 saturated heterocycles. The Morgan fingerprint density at radius 3 is 1.93 bits per heavy atom. The van der Waals surface area contributed by atoms with E-state index in [0.717, 1.165) is 0 Å². The van der Waals surface area contributed by atoms with Crippen LogP contribution >= 0.6 is 21.4 Å². The van der Waals surface area contributed by atoms with E-state index >= 15 is 0 Å². The van der Waals surface area contributed by atoms with Crippen LogP contribution in [0.4, 0.5) is 0 Å². The summed E-state index contributed by atoms with van der Waals surface area (Å²) in [5.41, 5.74) is 0. The summed E-state index contributed by atoms with van der Waals surface area (Å²) in [6, 6.07) is 0. The summed E-state index contributed by atoms with van der Waals surface area (Å²) in [7, 11) is 2.79. The van der Waals surface area contributed by atoms with Gasteiger partial charge < -0.3 is 0 Å². The summed E-state index contributed by atoms with van der Waals surface area (Å²) in [5, 5.41) is 0. The van der Waals surface area contributed by atoms with Crippen molar-refractivity contribution in [3.05, 3.63) is 24.3 Å². The standard InChI is InChI=1S/C6H6O2S.Cl2O2S/c7-9(8)6-4-2-1-3-5-6;1-5(2,3)4/h1-4H,5H2;. The zero-order chi connectivity index (χ0) is 11.2. The van der Waals surface area contributed by atoms with Crippen LogP contribution in [0.5, 0.6) is 0 Å². The number of hydrogen-bond donors (Lipinski definition) is 0. The molecule has 1 rings (SSSR count). The van der Waals surface area contributed by atoms with Gasteiger partial charge in [-0.15, -0.1) is 0 Å². The molecule has 8 heteroatoms. The fraction of sp³-hybridized carbons (Fsp3) is 0.167. The first kappa shape index (κ1) is 13.7. The lowest BCUT2D eigenvalue weighted by atomic mass is 10.2. The molecule has 1 aliphatic rings. The lowest BCUT2D eigenvalue weighted by Gasteiger charge is -1.91. The summed E-state index contributed by atoms with van der Waals surface area (Å²) in [5.74, 6) is 0.